The minimum Gasteiger partial charge on any atom is -0.388 e. The molecule has 2 aliphatic rings. The summed E-state index contributed by atoms with van der Waals surface area (Å²) in [6, 6.07) is 0. The number of nitrogens with zero attached hydrogens (tertiary/aromatic N) is 3. The standard InChI is InChI=1S/C14H24FN6O3P/c1-25(2,3)5-4-6-8(22)9(23)12(24-6)21-11-7(18-13(21)15)10(16)19-14(17)20-11/h6,8-10,12,22-23H,1,4-5,16H2,2-3H3,(H3,17,19,20)/t6-,8-,9-,10?,12?/m1/s1. The molecule has 0 aromatic carbocycles. The number of ether oxygens (including phenoxy) is 1. The second kappa shape index (κ2) is 6.37. The highest BCUT2D eigenvalue weighted by Gasteiger charge is 2.46. The van der Waals surface area contributed by atoms with Gasteiger partial charge in [0.25, 0.3) is 6.08 Å². The van der Waals surface area contributed by atoms with Gasteiger partial charge in [0.05, 0.1) is 6.10 Å². The number of guanidine groups is 1. The number of aromatic nitrogens is 2. The van der Waals surface area contributed by atoms with Crippen LogP contribution in [0.3, 0.4) is 0 Å². The van der Waals surface area contributed by atoms with Gasteiger partial charge in [0.2, 0.25) is 0 Å². The van der Waals surface area contributed by atoms with Crippen molar-refractivity contribution >= 4 is 25.0 Å². The maximum Gasteiger partial charge on any atom is 0.293 e. The summed E-state index contributed by atoms with van der Waals surface area (Å²) in [6.07, 6.45) is -0.625. The van der Waals surface area contributed by atoms with E-state index in [4.69, 9.17) is 16.2 Å². The number of imidazole rings is 1. The lowest BCUT2D eigenvalue weighted by Crippen LogP contribution is -2.34. The number of aliphatic hydroxyl groups is 2. The highest BCUT2D eigenvalue weighted by atomic mass is 31.2. The van der Waals surface area contributed by atoms with Crippen LogP contribution < -0.4 is 16.8 Å². The Hall–Kier alpha value is -1.45. The van der Waals surface area contributed by atoms with Crippen molar-refractivity contribution in [3.05, 3.63) is 11.8 Å². The molecular formula is C14H24FN6O3P. The molecule has 3 heterocycles. The third kappa shape index (κ3) is 3.45. The fourth-order valence-corrected chi connectivity index (χ4v) is 3.96. The van der Waals surface area contributed by atoms with E-state index in [1.54, 1.807) is 0 Å². The smallest absolute Gasteiger partial charge is 0.293 e. The molecule has 1 aromatic rings. The van der Waals surface area contributed by atoms with E-state index in [-0.39, 0.29) is 17.5 Å². The Labute approximate surface area is 144 Å². The first kappa shape index (κ1) is 18.3. The van der Waals surface area contributed by atoms with Crippen LogP contribution in [-0.4, -0.2) is 69.8 Å². The summed E-state index contributed by atoms with van der Waals surface area (Å²) < 4.78 is 21.2. The van der Waals surface area contributed by atoms with Crippen LogP contribution in [0.2, 0.25) is 0 Å². The molecule has 140 valence electrons. The predicted molar refractivity (Wildman–Crippen MR) is 95.7 cm³/mol. The number of halogens is 1. The van der Waals surface area contributed by atoms with Crippen molar-refractivity contribution < 1.29 is 19.3 Å². The van der Waals surface area contributed by atoms with E-state index < -0.39 is 43.7 Å². The molecule has 1 saturated heterocycles. The molecule has 0 saturated carbocycles. The van der Waals surface area contributed by atoms with Gasteiger partial charge in [0, 0.05) is 0 Å². The summed E-state index contributed by atoms with van der Waals surface area (Å²) in [6.45, 7) is 2.83. The van der Waals surface area contributed by atoms with Crippen LogP contribution in [0.15, 0.2) is 4.99 Å². The number of hydrogen-bond donors (Lipinski definition) is 5. The van der Waals surface area contributed by atoms with Gasteiger partial charge in [0.1, 0.15) is 29.9 Å². The van der Waals surface area contributed by atoms with Gasteiger partial charge in [-0.3, -0.25) is 4.57 Å². The average Bonchev–Trinajstić information content (AvgIpc) is 2.95. The van der Waals surface area contributed by atoms with Crippen molar-refractivity contribution in [2.24, 2.45) is 16.5 Å². The molecule has 0 bridgehead atoms. The normalized spacial score (nSPS) is 32.2. The number of aliphatic hydroxyl groups excluding tert-OH is 2. The molecular weight excluding hydrogens is 350 g/mol. The lowest BCUT2D eigenvalue weighted by atomic mass is 10.1. The summed E-state index contributed by atoms with van der Waals surface area (Å²) in [4.78, 5) is 7.62. The zero-order chi connectivity index (χ0) is 18.5. The maximum absolute atomic E-state index is 14.4. The fraction of sp³-hybridized carbons (Fsp3) is 0.643. The van der Waals surface area contributed by atoms with Crippen LogP contribution in [0.5, 0.6) is 0 Å². The van der Waals surface area contributed by atoms with Gasteiger partial charge in [-0.05, 0) is 25.9 Å². The first-order valence-corrected chi connectivity index (χ1v) is 11.0. The Morgan fingerprint density at radius 2 is 2.08 bits per heavy atom. The van der Waals surface area contributed by atoms with Gasteiger partial charge in [0.15, 0.2) is 12.2 Å². The molecule has 0 radical (unpaired) electrons. The monoisotopic (exact) mass is 374 g/mol. The van der Waals surface area contributed by atoms with Gasteiger partial charge in [-0.1, -0.05) is 0 Å². The number of anilines is 1. The fourth-order valence-electron chi connectivity index (χ4n) is 3.01. The van der Waals surface area contributed by atoms with Gasteiger partial charge >= 0.3 is 0 Å². The maximum atomic E-state index is 14.4. The van der Waals surface area contributed by atoms with Crippen LogP contribution in [0.25, 0.3) is 0 Å². The molecule has 2 aliphatic heterocycles. The number of nitrogens with two attached hydrogens (primary N) is 2. The summed E-state index contributed by atoms with van der Waals surface area (Å²) in [5, 5.41) is 23.4. The number of hydrogen-bond acceptors (Lipinski definition) is 8. The minimum absolute atomic E-state index is 0.00865. The second-order valence-corrected chi connectivity index (χ2v) is 11.4. The Balaban J connectivity index is 1.87. The molecule has 0 aliphatic carbocycles. The van der Waals surface area contributed by atoms with E-state index in [0.29, 0.717) is 6.42 Å². The van der Waals surface area contributed by atoms with E-state index in [2.05, 4.69) is 34.9 Å². The van der Waals surface area contributed by atoms with Crippen molar-refractivity contribution in [1.29, 1.82) is 0 Å². The Morgan fingerprint density at radius 1 is 1.40 bits per heavy atom. The summed E-state index contributed by atoms with van der Waals surface area (Å²) in [5.41, 5.74) is 11.6. The van der Waals surface area contributed by atoms with Crippen LogP contribution in [0.4, 0.5) is 10.2 Å². The SMILES string of the molecule is C=P(C)(C)CC[C@H]1OC(n2c(F)nc3c2NC(N)=NC3N)[C@H](O)[C@@H]1O. The topological polar surface area (TPSA) is 144 Å². The van der Waals surface area contributed by atoms with Crippen molar-refractivity contribution in [1.82, 2.24) is 9.55 Å². The zero-order valence-corrected chi connectivity index (χ0v) is 15.0. The number of fused-ring (bicyclic) bond motifs is 1. The van der Waals surface area contributed by atoms with Gasteiger partial charge in [-0.15, -0.1) is 13.2 Å². The third-order valence-electron chi connectivity index (χ3n) is 4.31. The first-order chi connectivity index (χ1) is 11.6. The van der Waals surface area contributed by atoms with Crippen LogP contribution in [0.1, 0.15) is 24.5 Å². The Kier molecular flexibility index (Phi) is 4.67. The molecule has 9 nitrogen and oxygen atoms in total. The average molecular weight is 374 g/mol. The van der Waals surface area contributed by atoms with Crippen molar-refractivity contribution in [3.63, 3.8) is 0 Å². The molecule has 0 amide bonds. The van der Waals surface area contributed by atoms with Gasteiger partial charge in [-0.2, -0.15) is 4.39 Å². The van der Waals surface area contributed by atoms with E-state index >= 15 is 0 Å². The number of aliphatic imine (C=N–C) groups is 1. The molecule has 0 spiro atoms. The summed E-state index contributed by atoms with van der Waals surface area (Å²) in [7, 11) is 0. The van der Waals surface area contributed by atoms with Gasteiger partial charge < -0.3 is 31.7 Å². The zero-order valence-electron chi connectivity index (χ0n) is 14.1. The predicted octanol–water partition coefficient (Wildman–Crippen LogP) is -0.562. The van der Waals surface area contributed by atoms with Crippen LogP contribution in [0, 0.1) is 6.08 Å². The lowest BCUT2D eigenvalue weighted by Gasteiger charge is -2.23. The Morgan fingerprint density at radius 3 is 2.72 bits per heavy atom. The largest absolute Gasteiger partial charge is 0.388 e. The van der Waals surface area contributed by atoms with E-state index in [1.807, 2.05) is 0 Å². The third-order valence-corrected chi connectivity index (χ3v) is 5.78. The van der Waals surface area contributed by atoms with Crippen LogP contribution in [-0.2, 0) is 4.74 Å². The molecule has 7 N–H and O–H groups in total. The highest BCUT2D eigenvalue weighted by Crippen LogP contribution is 2.41. The molecule has 1 fully saturated rings. The van der Waals surface area contributed by atoms with Crippen molar-refractivity contribution in [2.45, 2.75) is 37.1 Å². The number of rotatable bonds is 4. The number of nitrogens with one attached hydrogen (secondary N) is 1. The van der Waals surface area contributed by atoms with Crippen molar-refractivity contribution in [3.8, 4) is 0 Å². The van der Waals surface area contributed by atoms with Crippen molar-refractivity contribution in [2.75, 3.05) is 24.8 Å². The molecule has 5 atom stereocenters. The van der Waals surface area contributed by atoms with Crippen LogP contribution >= 0.6 is 6.89 Å². The molecule has 25 heavy (non-hydrogen) atoms. The highest BCUT2D eigenvalue weighted by molar-refractivity contribution is 7.72. The summed E-state index contributed by atoms with van der Waals surface area (Å²) in [5.74, 6) is 0.175. The van der Waals surface area contributed by atoms with E-state index in [0.717, 1.165) is 10.7 Å². The second-order valence-electron chi connectivity index (χ2n) is 7.06. The minimum atomic E-state index is -1.32. The van der Waals surface area contributed by atoms with E-state index in [9.17, 15) is 14.6 Å². The first-order valence-electron chi connectivity index (χ1n) is 7.91. The molecule has 3 rings (SSSR count). The molecule has 1 aromatic heterocycles. The Bertz CT molecular complexity index is 747. The lowest BCUT2D eigenvalue weighted by molar-refractivity contribution is -0.0422. The molecule has 11 heteroatoms. The quantitative estimate of drug-likeness (QED) is 0.444. The van der Waals surface area contributed by atoms with E-state index in [1.165, 1.54) is 0 Å². The summed E-state index contributed by atoms with van der Waals surface area (Å²) >= 11 is 0. The van der Waals surface area contributed by atoms with Gasteiger partial charge in [-0.25, -0.2) is 9.98 Å². The molecule has 2 unspecified atom stereocenters.